The quantitative estimate of drug-likeness (QED) is 0.864. The molecule has 1 atom stereocenters. The molecule has 0 saturated heterocycles. The number of halogens is 2. The van der Waals surface area contributed by atoms with Crippen LogP contribution in [0, 0.1) is 12.3 Å². The fourth-order valence-corrected chi connectivity index (χ4v) is 2.17. The topological polar surface area (TPSA) is 55.1 Å². The van der Waals surface area contributed by atoms with Gasteiger partial charge in [-0.3, -0.25) is 4.79 Å². The molecule has 0 aliphatic rings. The monoisotopic (exact) mass is 346 g/mol. The van der Waals surface area contributed by atoms with Crippen LogP contribution in [0.25, 0.3) is 0 Å². The van der Waals surface area contributed by atoms with Crippen LogP contribution in [-0.4, -0.2) is 11.9 Å². The highest BCUT2D eigenvalue weighted by Crippen LogP contribution is 2.29. The Hall–Kier alpha value is -0.580. The number of anilines is 1. The van der Waals surface area contributed by atoms with Crippen LogP contribution in [0.4, 0.5) is 5.69 Å². The van der Waals surface area contributed by atoms with Gasteiger partial charge in [0, 0.05) is 22.0 Å². The van der Waals surface area contributed by atoms with E-state index in [2.05, 4.69) is 21.2 Å². The van der Waals surface area contributed by atoms with Gasteiger partial charge in [-0.05, 0) is 46.0 Å². The molecule has 3 N–H and O–H groups in total. The predicted molar refractivity (Wildman–Crippen MR) is 84.6 cm³/mol. The number of carbonyl (C=O) groups is 1. The van der Waals surface area contributed by atoms with Crippen molar-refractivity contribution in [3.05, 3.63) is 27.2 Å². The minimum Gasteiger partial charge on any atom is -0.327 e. The smallest absolute Gasteiger partial charge is 0.225 e. The minimum absolute atomic E-state index is 0.0977. The van der Waals surface area contributed by atoms with Crippen LogP contribution in [0.1, 0.15) is 32.8 Å². The van der Waals surface area contributed by atoms with Gasteiger partial charge in [0.05, 0.1) is 5.69 Å². The maximum Gasteiger partial charge on any atom is 0.225 e. The first-order valence-corrected chi connectivity index (χ1v) is 7.29. The molecule has 0 heterocycles. The Balaban J connectivity index is 2.76. The highest BCUT2D eigenvalue weighted by molar-refractivity contribution is 9.10. The number of nitrogens with two attached hydrogens (primary N) is 1. The van der Waals surface area contributed by atoms with Gasteiger partial charge < -0.3 is 11.1 Å². The summed E-state index contributed by atoms with van der Waals surface area (Å²) in [6.45, 7) is 7.96. The summed E-state index contributed by atoms with van der Waals surface area (Å²) in [7, 11) is 0. The molecule has 106 valence electrons. The molecule has 1 unspecified atom stereocenters. The van der Waals surface area contributed by atoms with Gasteiger partial charge in [-0.2, -0.15) is 0 Å². The number of carbonyl (C=O) groups excluding carboxylic acids is 1. The first-order valence-electron chi connectivity index (χ1n) is 6.12. The molecule has 0 saturated carbocycles. The highest BCUT2D eigenvalue weighted by atomic mass is 79.9. The maximum absolute atomic E-state index is 12.0. The lowest BCUT2D eigenvalue weighted by atomic mass is 9.85. The second kappa shape index (κ2) is 6.25. The highest BCUT2D eigenvalue weighted by Gasteiger charge is 2.23. The van der Waals surface area contributed by atoms with E-state index < -0.39 is 0 Å². The summed E-state index contributed by atoms with van der Waals surface area (Å²) < 4.78 is 0.812. The zero-order chi connectivity index (χ0) is 14.8. The van der Waals surface area contributed by atoms with E-state index in [1.807, 2.05) is 33.8 Å². The third kappa shape index (κ3) is 4.79. The molecule has 0 aliphatic carbocycles. The molecule has 0 spiro atoms. The molecule has 0 aromatic heterocycles. The van der Waals surface area contributed by atoms with Crippen LogP contribution in [0.3, 0.4) is 0 Å². The number of hydrogen-bond acceptors (Lipinski definition) is 2. The number of hydrogen-bond donors (Lipinski definition) is 2. The molecule has 0 bridgehead atoms. The Morgan fingerprint density at radius 1 is 1.47 bits per heavy atom. The summed E-state index contributed by atoms with van der Waals surface area (Å²) in [4.78, 5) is 12.0. The van der Waals surface area contributed by atoms with Crippen molar-refractivity contribution in [3.63, 3.8) is 0 Å². The summed E-state index contributed by atoms with van der Waals surface area (Å²) in [5, 5.41) is 3.45. The first kappa shape index (κ1) is 16.5. The summed E-state index contributed by atoms with van der Waals surface area (Å²) in [6.07, 6.45) is 0.279. The van der Waals surface area contributed by atoms with Crippen LogP contribution < -0.4 is 11.1 Å². The zero-order valence-electron chi connectivity index (χ0n) is 11.7. The molecule has 19 heavy (non-hydrogen) atoms. The van der Waals surface area contributed by atoms with Crippen molar-refractivity contribution in [2.75, 3.05) is 5.32 Å². The SMILES string of the molecule is Cc1cc(Br)c(NC(=O)CC(N)C(C)(C)C)cc1Cl. The van der Waals surface area contributed by atoms with E-state index in [1.54, 1.807) is 6.07 Å². The second-order valence-corrected chi connectivity index (χ2v) is 7.07. The Kier molecular flexibility index (Phi) is 5.42. The predicted octanol–water partition coefficient (Wildman–Crippen LogP) is 4.11. The normalized spacial score (nSPS) is 13.2. The van der Waals surface area contributed by atoms with E-state index in [-0.39, 0.29) is 23.8 Å². The number of aryl methyl sites for hydroxylation is 1. The van der Waals surface area contributed by atoms with Crippen LogP contribution in [0.15, 0.2) is 16.6 Å². The lowest BCUT2D eigenvalue weighted by Crippen LogP contribution is -2.38. The lowest BCUT2D eigenvalue weighted by Gasteiger charge is -2.26. The van der Waals surface area contributed by atoms with Gasteiger partial charge in [0.25, 0.3) is 0 Å². The maximum atomic E-state index is 12.0. The molecule has 0 fully saturated rings. The second-order valence-electron chi connectivity index (χ2n) is 5.81. The van der Waals surface area contributed by atoms with E-state index in [0.29, 0.717) is 10.7 Å². The summed E-state index contributed by atoms with van der Waals surface area (Å²) in [6, 6.07) is 3.43. The summed E-state index contributed by atoms with van der Waals surface area (Å²) in [5.41, 5.74) is 7.53. The fraction of sp³-hybridized carbons (Fsp3) is 0.500. The van der Waals surface area contributed by atoms with E-state index in [1.165, 1.54) is 0 Å². The van der Waals surface area contributed by atoms with Gasteiger partial charge in [-0.25, -0.2) is 0 Å². The number of benzene rings is 1. The average molecular weight is 348 g/mol. The minimum atomic E-state index is -0.188. The lowest BCUT2D eigenvalue weighted by molar-refractivity contribution is -0.117. The van der Waals surface area contributed by atoms with E-state index in [4.69, 9.17) is 17.3 Å². The van der Waals surface area contributed by atoms with Crippen LogP contribution in [0.2, 0.25) is 5.02 Å². The molecule has 0 aliphatic heterocycles. The van der Waals surface area contributed by atoms with E-state index in [9.17, 15) is 4.79 Å². The van der Waals surface area contributed by atoms with Crippen molar-refractivity contribution < 1.29 is 4.79 Å². The number of amides is 1. The molecule has 1 rings (SSSR count). The molecule has 3 nitrogen and oxygen atoms in total. The molecular formula is C14H20BrClN2O. The van der Waals surface area contributed by atoms with Crippen LogP contribution in [-0.2, 0) is 4.79 Å². The average Bonchev–Trinajstić information content (AvgIpc) is 2.24. The molecular weight excluding hydrogens is 328 g/mol. The van der Waals surface area contributed by atoms with E-state index >= 15 is 0 Å². The Morgan fingerprint density at radius 3 is 2.58 bits per heavy atom. The summed E-state index contributed by atoms with van der Waals surface area (Å²) in [5.74, 6) is -0.108. The number of nitrogens with one attached hydrogen (secondary N) is 1. The molecule has 5 heteroatoms. The Morgan fingerprint density at radius 2 is 2.05 bits per heavy atom. The van der Waals surface area contributed by atoms with Crippen molar-refractivity contribution in [1.82, 2.24) is 0 Å². The zero-order valence-corrected chi connectivity index (χ0v) is 14.0. The first-order chi connectivity index (χ1) is 8.61. The van der Waals surface area contributed by atoms with Gasteiger partial charge in [0.2, 0.25) is 5.91 Å². The van der Waals surface area contributed by atoms with Gasteiger partial charge in [-0.1, -0.05) is 32.4 Å². The van der Waals surface area contributed by atoms with E-state index in [0.717, 1.165) is 10.0 Å². The number of rotatable bonds is 3. The molecule has 1 aromatic rings. The fourth-order valence-electron chi connectivity index (χ4n) is 1.45. The third-order valence-electron chi connectivity index (χ3n) is 3.04. The molecule has 1 aromatic carbocycles. The van der Waals surface area contributed by atoms with Gasteiger partial charge in [-0.15, -0.1) is 0 Å². The van der Waals surface area contributed by atoms with Crippen molar-refractivity contribution >= 4 is 39.1 Å². The van der Waals surface area contributed by atoms with Crippen molar-refractivity contribution in [2.24, 2.45) is 11.1 Å². The standard InChI is InChI=1S/C14H20BrClN2O/c1-8-5-9(15)11(6-10(8)16)18-13(19)7-12(17)14(2,3)4/h5-6,12H,7,17H2,1-4H3,(H,18,19). The largest absolute Gasteiger partial charge is 0.327 e. The summed E-state index contributed by atoms with van der Waals surface area (Å²) >= 11 is 9.46. The Bertz CT molecular complexity index is 483. The van der Waals surface area contributed by atoms with Crippen molar-refractivity contribution in [2.45, 2.75) is 40.2 Å². The van der Waals surface area contributed by atoms with Gasteiger partial charge in [0.1, 0.15) is 0 Å². The van der Waals surface area contributed by atoms with Crippen molar-refractivity contribution in [3.8, 4) is 0 Å². The van der Waals surface area contributed by atoms with Crippen LogP contribution in [0.5, 0.6) is 0 Å². The van der Waals surface area contributed by atoms with Crippen LogP contribution >= 0.6 is 27.5 Å². The Labute approximate surface area is 128 Å². The van der Waals surface area contributed by atoms with Crippen molar-refractivity contribution in [1.29, 1.82) is 0 Å². The van der Waals surface area contributed by atoms with Gasteiger partial charge >= 0.3 is 0 Å². The molecule has 1 amide bonds. The molecule has 0 radical (unpaired) electrons. The van der Waals surface area contributed by atoms with Gasteiger partial charge in [0.15, 0.2) is 0 Å². The third-order valence-corrected chi connectivity index (χ3v) is 4.10.